The minimum atomic E-state index is 0.479. The van der Waals surface area contributed by atoms with E-state index in [1.807, 2.05) is 6.92 Å². The van der Waals surface area contributed by atoms with Gasteiger partial charge in [0.25, 0.3) is 0 Å². The van der Waals surface area contributed by atoms with E-state index in [0.29, 0.717) is 6.44 Å². The van der Waals surface area contributed by atoms with Crippen LogP contribution in [0.5, 0.6) is 0 Å². The van der Waals surface area contributed by atoms with Gasteiger partial charge < -0.3 is 5.32 Å². The zero-order valence-electron chi connectivity index (χ0n) is 6.15. The van der Waals surface area contributed by atoms with Gasteiger partial charge in [0, 0.05) is 13.0 Å². The second-order valence-corrected chi connectivity index (χ2v) is 1.66. The number of rotatable bonds is 3. The molecule has 0 heterocycles. The molecule has 0 saturated heterocycles. The highest BCUT2D eigenvalue weighted by atomic mass is 15.0. The maximum absolute atomic E-state index is 5.24. The molecule has 0 fully saturated rings. The summed E-state index contributed by atoms with van der Waals surface area (Å²) in [6, 6.07) is 0. The quantitative estimate of drug-likeness (QED) is 0.331. The molecular formula is C6H13BN2. The second-order valence-electron chi connectivity index (χ2n) is 1.66. The van der Waals surface area contributed by atoms with Gasteiger partial charge >= 0.3 is 0 Å². The first-order valence-corrected chi connectivity index (χ1v) is 3.32. The summed E-state index contributed by atoms with van der Waals surface area (Å²) in [5.41, 5.74) is 0. The number of nitrogens with one attached hydrogen (secondary N) is 1. The first-order valence-electron chi connectivity index (χ1n) is 3.32. The van der Waals surface area contributed by atoms with E-state index in [9.17, 15) is 0 Å². The van der Waals surface area contributed by atoms with Crippen molar-refractivity contribution in [1.82, 2.24) is 5.32 Å². The Bertz CT molecular complexity index is 91.1. The Morgan fingerprint density at radius 3 is 2.56 bits per heavy atom. The van der Waals surface area contributed by atoms with E-state index in [-0.39, 0.29) is 0 Å². The van der Waals surface area contributed by atoms with Crippen molar-refractivity contribution < 1.29 is 0 Å². The van der Waals surface area contributed by atoms with E-state index >= 15 is 0 Å². The fraction of sp³-hybridized carbons (Fsp3) is 0.833. The Morgan fingerprint density at radius 2 is 2.22 bits per heavy atom. The van der Waals surface area contributed by atoms with Gasteiger partial charge in [0.1, 0.15) is 0 Å². The van der Waals surface area contributed by atoms with Crippen LogP contribution in [0.25, 0.3) is 0 Å². The van der Waals surface area contributed by atoms with E-state index in [2.05, 4.69) is 17.2 Å². The third-order valence-corrected chi connectivity index (χ3v) is 0.990. The van der Waals surface area contributed by atoms with Crippen molar-refractivity contribution in [3.05, 3.63) is 0 Å². The fourth-order valence-corrected chi connectivity index (χ4v) is 0.601. The molecule has 0 aliphatic rings. The monoisotopic (exact) mass is 124 g/mol. The molecule has 2 nitrogen and oxygen atoms in total. The van der Waals surface area contributed by atoms with Crippen molar-refractivity contribution in [2.75, 3.05) is 13.0 Å². The highest BCUT2D eigenvalue weighted by Crippen LogP contribution is 1.79. The first-order chi connectivity index (χ1) is 4.35. The van der Waals surface area contributed by atoms with Crippen LogP contribution >= 0.6 is 0 Å². The predicted octanol–water partition coefficient (Wildman–Crippen LogP) is 0.530. The lowest BCUT2D eigenvalue weighted by molar-refractivity contribution is 0.995. The lowest BCUT2D eigenvalue weighted by atomic mass is 10.1. The molecular weight excluding hydrogens is 111 g/mol. The molecule has 0 aromatic heterocycles. The van der Waals surface area contributed by atoms with Crippen LogP contribution in [0.15, 0.2) is 4.99 Å². The number of nitrogens with zero attached hydrogens (tertiary/aromatic N) is 1. The van der Waals surface area contributed by atoms with E-state index in [1.54, 1.807) is 0 Å². The van der Waals surface area contributed by atoms with E-state index in [1.165, 1.54) is 0 Å². The van der Waals surface area contributed by atoms with Gasteiger partial charge in [0.15, 0.2) is 0 Å². The molecule has 0 amide bonds. The van der Waals surface area contributed by atoms with Crippen LogP contribution in [0.2, 0.25) is 0 Å². The molecule has 0 atom stereocenters. The molecule has 1 N–H and O–H groups in total. The summed E-state index contributed by atoms with van der Waals surface area (Å²) in [7, 11) is 5.24. The Kier molecular flexibility index (Phi) is 5.37. The molecule has 2 radical (unpaired) electrons. The van der Waals surface area contributed by atoms with Crippen molar-refractivity contribution in [3.8, 4) is 0 Å². The number of aliphatic imine (C=N–C) groups is 1. The van der Waals surface area contributed by atoms with Gasteiger partial charge in [-0.1, -0.05) is 6.92 Å². The largest absolute Gasteiger partial charge is 0.383 e. The van der Waals surface area contributed by atoms with Crippen LogP contribution in [0.4, 0.5) is 0 Å². The van der Waals surface area contributed by atoms with Gasteiger partial charge in [-0.3, -0.25) is 4.99 Å². The summed E-state index contributed by atoms with van der Waals surface area (Å²) in [5, 5.41) is 2.96. The molecule has 0 spiro atoms. The van der Waals surface area contributed by atoms with E-state index in [4.69, 9.17) is 7.85 Å². The average Bonchev–Trinajstić information content (AvgIpc) is 1.88. The van der Waals surface area contributed by atoms with Gasteiger partial charge in [-0.05, 0) is 13.4 Å². The summed E-state index contributed by atoms with van der Waals surface area (Å²) in [6.07, 6.45) is 1.41. The van der Waals surface area contributed by atoms with Crippen molar-refractivity contribution in [1.29, 1.82) is 0 Å². The molecule has 50 valence electrons. The summed E-state index contributed by atoms with van der Waals surface area (Å²) >= 11 is 0. The zero-order chi connectivity index (χ0) is 7.11. The Hall–Kier alpha value is -0.465. The minimum Gasteiger partial charge on any atom is -0.383 e. The molecule has 0 rings (SSSR count). The third-order valence-electron chi connectivity index (χ3n) is 0.990. The molecule has 9 heavy (non-hydrogen) atoms. The molecule has 0 aromatic carbocycles. The van der Waals surface area contributed by atoms with Crippen LogP contribution in [0.3, 0.4) is 0 Å². The Balaban J connectivity index is 3.53. The normalized spacial score (nSPS) is 11.6. The van der Waals surface area contributed by atoms with Crippen LogP contribution in [0.1, 0.15) is 20.3 Å². The highest BCUT2D eigenvalue weighted by Gasteiger charge is 1.87. The fourth-order valence-electron chi connectivity index (χ4n) is 0.601. The molecule has 0 bridgehead atoms. The zero-order valence-corrected chi connectivity index (χ0v) is 6.15. The van der Waals surface area contributed by atoms with Crippen molar-refractivity contribution >= 4 is 13.7 Å². The summed E-state index contributed by atoms with van der Waals surface area (Å²) in [6.45, 7) is 4.89. The van der Waals surface area contributed by atoms with Crippen LogP contribution in [-0.4, -0.2) is 26.7 Å². The van der Waals surface area contributed by atoms with Gasteiger partial charge in [-0.2, -0.15) is 0 Å². The number of hydrogen-bond donors (Lipinski definition) is 1. The lowest BCUT2D eigenvalue weighted by Crippen LogP contribution is -2.23. The van der Waals surface area contributed by atoms with Gasteiger partial charge in [-0.25, -0.2) is 0 Å². The van der Waals surface area contributed by atoms with Crippen LogP contribution < -0.4 is 5.32 Å². The highest BCUT2D eigenvalue weighted by molar-refractivity contribution is 6.10. The summed E-state index contributed by atoms with van der Waals surface area (Å²) in [4.78, 5) is 4.16. The summed E-state index contributed by atoms with van der Waals surface area (Å²) < 4.78 is 0. The topological polar surface area (TPSA) is 24.4 Å². The van der Waals surface area contributed by atoms with Gasteiger partial charge in [0.2, 0.25) is 0 Å². The molecule has 0 saturated carbocycles. The first kappa shape index (κ1) is 8.53. The standard InChI is InChI=1S/C6H13BN2/c1-3-6(8-4-2)9-5-7/h3-5H2,1-2H3,(H,8,9). The Morgan fingerprint density at radius 1 is 1.56 bits per heavy atom. The molecule has 0 unspecified atom stereocenters. The van der Waals surface area contributed by atoms with E-state index in [0.717, 1.165) is 18.8 Å². The maximum Gasteiger partial charge on any atom is 0.0952 e. The van der Waals surface area contributed by atoms with Gasteiger partial charge in [0.05, 0.1) is 13.7 Å². The van der Waals surface area contributed by atoms with Crippen LogP contribution in [0, 0.1) is 0 Å². The number of hydrogen-bond acceptors (Lipinski definition) is 1. The SMILES string of the molecule is [B]CNC(CC)=NCC. The molecule has 0 aliphatic heterocycles. The van der Waals surface area contributed by atoms with Crippen molar-refractivity contribution in [3.63, 3.8) is 0 Å². The van der Waals surface area contributed by atoms with E-state index < -0.39 is 0 Å². The van der Waals surface area contributed by atoms with Crippen LogP contribution in [-0.2, 0) is 0 Å². The second kappa shape index (κ2) is 5.67. The summed E-state index contributed by atoms with van der Waals surface area (Å²) in [5.74, 6) is 1.00. The molecule has 0 aliphatic carbocycles. The molecule has 0 aromatic rings. The maximum atomic E-state index is 5.24. The smallest absolute Gasteiger partial charge is 0.0952 e. The lowest BCUT2D eigenvalue weighted by Gasteiger charge is -2.02. The number of amidine groups is 1. The van der Waals surface area contributed by atoms with Crippen molar-refractivity contribution in [2.24, 2.45) is 4.99 Å². The van der Waals surface area contributed by atoms with Gasteiger partial charge in [-0.15, -0.1) is 0 Å². The molecule has 3 heteroatoms. The average molecular weight is 124 g/mol. The predicted molar refractivity (Wildman–Crippen MR) is 42.0 cm³/mol. The minimum absolute atomic E-state index is 0.479. The van der Waals surface area contributed by atoms with Crippen molar-refractivity contribution in [2.45, 2.75) is 20.3 Å². The Labute approximate surface area is 58.2 Å². The third kappa shape index (κ3) is 4.07.